The third-order valence-electron chi connectivity index (χ3n) is 4.06. The van der Waals surface area contributed by atoms with E-state index in [-0.39, 0.29) is 6.10 Å². The van der Waals surface area contributed by atoms with Gasteiger partial charge in [0, 0.05) is 6.42 Å². The lowest BCUT2D eigenvalue weighted by molar-refractivity contribution is -0.248. The van der Waals surface area contributed by atoms with E-state index in [0.717, 1.165) is 12.8 Å². The van der Waals surface area contributed by atoms with Crippen molar-refractivity contribution in [2.24, 2.45) is 0 Å². The Bertz CT molecular complexity index is 475. The number of ether oxygens (including phenoxy) is 2. The average molecular weight is 275 g/mol. The predicted octanol–water partition coefficient (Wildman–Crippen LogP) is 3.72. The Morgan fingerprint density at radius 2 is 1.95 bits per heavy atom. The molecule has 0 amide bonds. The van der Waals surface area contributed by atoms with Crippen LogP contribution in [0.5, 0.6) is 0 Å². The summed E-state index contributed by atoms with van der Waals surface area (Å²) >= 11 is 0. The minimum atomic E-state index is -0.832. The van der Waals surface area contributed by atoms with E-state index in [4.69, 9.17) is 14.9 Å². The third-order valence-corrected chi connectivity index (χ3v) is 4.06. The molecule has 2 rings (SSSR count). The molecule has 0 spiro atoms. The highest BCUT2D eigenvalue weighted by Gasteiger charge is 2.35. The smallest absolute Gasteiger partial charge is 0.205 e. The van der Waals surface area contributed by atoms with E-state index < -0.39 is 5.79 Å². The van der Waals surface area contributed by atoms with Gasteiger partial charge in [0.15, 0.2) is 0 Å². The maximum absolute atomic E-state index is 7.67. The molecule has 110 valence electrons. The molecule has 0 aromatic heterocycles. The molecule has 2 atom stereocenters. The molecule has 1 fully saturated rings. The fraction of sp³-hybridized carbons (Fsp3) is 0.588. The Hall–Kier alpha value is -1.19. The summed E-state index contributed by atoms with van der Waals surface area (Å²) in [5.41, 5.74) is 5.27. The maximum Gasteiger partial charge on any atom is 0.205 e. The first-order chi connectivity index (χ1) is 9.46. The highest BCUT2D eigenvalue weighted by Crippen LogP contribution is 2.28. The lowest BCUT2D eigenvalue weighted by Gasteiger charge is -2.37. The zero-order valence-corrected chi connectivity index (χ0v) is 13.0. The second-order valence-corrected chi connectivity index (χ2v) is 5.90. The van der Waals surface area contributed by atoms with Crippen LogP contribution in [0, 0.1) is 26.2 Å². The van der Waals surface area contributed by atoms with Crippen molar-refractivity contribution in [3.8, 4) is 0 Å². The average Bonchev–Trinajstić information content (AvgIpc) is 2.37. The molecule has 1 aromatic carbocycles. The summed E-state index contributed by atoms with van der Waals surface area (Å²) in [6.45, 7) is 9.14. The highest BCUT2D eigenvalue weighted by molar-refractivity contribution is 5.63. The van der Waals surface area contributed by atoms with Gasteiger partial charge in [0.05, 0.1) is 18.9 Å². The summed E-state index contributed by atoms with van der Waals surface area (Å²) in [6.07, 6.45) is 3.95. The zero-order valence-electron chi connectivity index (χ0n) is 13.0. The van der Waals surface area contributed by atoms with Crippen molar-refractivity contribution in [1.29, 1.82) is 5.41 Å². The Morgan fingerprint density at radius 1 is 1.30 bits per heavy atom. The number of nitrogens with one attached hydrogen (secondary N) is 1. The molecule has 1 heterocycles. The number of hydrogen-bond acceptors (Lipinski definition) is 3. The molecule has 20 heavy (non-hydrogen) atoms. The molecule has 1 aromatic rings. The van der Waals surface area contributed by atoms with Crippen LogP contribution in [0.1, 0.15) is 42.0 Å². The van der Waals surface area contributed by atoms with E-state index in [1.54, 1.807) is 0 Å². The van der Waals surface area contributed by atoms with Crippen LogP contribution in [0.15, 0.2) is 12.1 Å². The van der Waals surface area contributed by atoms with Crippen molar-refractivity contribution in [3.05, 3.63) is 34.4 Å². The molecule has 0 aliphatic carbocycles. The summed E-state index contributed by atoms with van der Waals surface area (Å²) in [5, 5.41) is 7.67. The SMILES string of the molecule is Cc1cc(C)c(CCC2(C=N)OCCC(C)O2)c(C)c1. The predicted molar refractivity (Wildman–Crippen MR) is 81.6 cm³/mol. The van der Waals surface area contributed by atoms with Crippen LogP contribution < -0.4 is 0 Å². The fourth-order valence-corrected chi connectivity index (χ4v) is 3.01. The van der Waals surface area contributed by atoms with Crippen molar-refractivity contribution in [3.63, 3.8) is 0 Å². The Balaban J connectivity index is 2.13. The first-order valence-electron chi connectivity index (χ1n) is 7.36. The Kier molecular flexibility index (Phi) is 4.61. The molecule has 1 saturated heterocycles. The second-order valence-electron chi connectivity index (χ2n) is 5.90. The van der Waals surface area contributed by atoms with E-state index in [2.05, 4.69) is 32.9 Å². The quantitative estimate of drug-likeness (QED) is 0.851. The van der Waals surface area contributed by atoms with Crippen LogP contribution >= 0.6 is 0 Å². The van der Waals surface area contributed by atoms with Crippen LogP contribution in [-0.2, 0) is 15.9 Å². The van der Waals surface area contributed by atoms with Crippen LogP contribution in [-0.4, -0.2) is 24.7 Å². The summed E-state index contributed by atoms with van der Waals surface area (Å²) in [5.74, 6) is -0.832. The molecule has 3 heteroatoms. The van der Waals surface area contributed by atoms with Crippen molar-refractivity contribution >= 4 is 6.21 Å². The van der Waals surface area contributed by atoms with Crippen LogP contribution in [0.4, 0.5) is 0 Å². The fourth-order valence-electron chi connectivity index (χ4n) is 3.01. The molecular formula is C17H25NO2. The highest BCUT2D eigenvalue weighted by atomic mass is 16.7. The van der Waals surface area contributed by atoms with Crippen LogP contribution in [0.2, 0.25) is 0 Å². The Labute approximate surface area is 121 Å². The van der Waals surface area contributed by atoms with Crippen molar-refractivity contribution in [1.82, 2.24) is 0 Å². The van der Waals surface area contributed by atoms with Gasteiger partial charge >= 0.3 is 0 Å². The maximum atomic E-state index is 7.67. The Morgan fingerprint density at radius 3 is 2.50 bits per heavy atom. The number of rotatable bonds is 4. The normalized spacial score (nSPS) is 26.5. The number of hydrogen-bond donors (Lipinski definition) is 1. The molecule has 2 unspecified atom stereocenters. The van der Waals surface area contributed by atoms with E-state index in [9.17, 15) is 0 Å². The molecule has 1 N–H and O–H groups in total. The first kappa shape index (κ1) is 15.2. The molecule has 0 saturated carbocycles. The van der Waals surface area contributed by atoms with Gasteiger partial charge in [-0.2, -0.15) is 0 Å². The van der Waals surface area contributed by atoms with E-state index in [0.29, 0.717) is 13.0 Å². The van der Waals surface area contributed by atoms with Gasteiger partial charge in [0.2, 0.25) is 5.79 Å². The van der Waals surface area contributed by atoms with Crippen molar-refractivity contribution in [2.75, 3.05) is 6.61 Å². The molecule has 0 bridgehead atoms. The first-order valence-corrected chi connectivity index (χ1v) is 7.36. The zero-order chi connectivity index (χ0) is 14.8. The third kappa shape index (κ3) is 3.28. The van der Waals surface area contributed by atoms with E-state index in [1.165, 1.54) is 28.5 Å². The number of aryl methyl sites for hydroxylation is 3. The lowest BCUT2D eigenvalue weighted by Crippen LogP contribution is -2.45. The van der Waals surface area contributed by atoms with Crippen LogP contribution in [0.25, 0.3) is 0 Å². The van der Waals surface area contributed by atoms with Crippen molar-refractivity contribution < 1.29 is 9.47 Å². The van der Waals surface area contributed by atoms with Gasteiger partial charge in [-0.1, -0.05) is 17.7 Å². The largest absolute Gasteiger partial charge is 0.345 e. The monoisotopic (exact) mass is 275 g/mol. The van der Waals surface area contributed by atoms with Gasteiger partial charge < -0.3 is 14.9 Å². The standard InChI is InChI=1S/C17H25NO2/c1-12-9-13(2)16(14(3)10-12)5-7-17(11-18)19-8-6-15(4)20-17/h9-11,15,18H,5-8H2,1-4H3. The van der Waals surface area contributed by atoms with E-state index in [1.807, 2.05) is 6.92 Å². The minimum Gasteiger partial charge on any atom is -0.345 e. The molecule has 1 aliphatic heterocycles. The number of benzene rings is 1. The van der Waals surface area contributed by atoms with E-state index >= 15 is 0 Å². The van der Waals surface area contributed by atoms with Gasteiger partial charge in [0.1, 0.15) is 0 Å². The molecule has 1 aliphatic rings. The van der Waals surface area contributed by atoms with Crippen LogP contribution in [0.3, 0.4) is 0 Å². The summed E-state index contributed by atoms with van der Waals surface area (Å²) in [4.78, 5) is 0. The topological polar surface area (TPSA) is 42.3 Å². The van der Waals surface area contributed by atoms with Crippen molar-refractivity contribution in [2.45, 2.75) is 58.8 Å². The lowest BCUT2D eigenvalue weighted by atomic mass is 9.94. The second kappa shape index (κ2) is 6.06. The van der Waals surface area contributed by atoms with Gasteiger partial charge in [-0.25, -0.2) is 0 Å². The molecule has 0 radical (unpaired) electrons. The van der Waals surface area contributed by atoms with Gasteiger partial charge in [-0.15, -0.1) is 0 Å². The van der Waals surface area contributed by atoms with Gasteiger partial charge in [0.25, 0.3) is 0 Å². The summed E-state index contributed by atoms with van der Waals surface area (Å²) in [7, 11) is 0. The summed E-state index contributed by atoms with van der Waals surface area (Å²) in [6, 6.07) is 4.43. The summed E-state index contributed by atoms with van der Waals surface area (Å²) < 4.78 is 11.6. The molecular weight excluding hydrogens is 250 g/mol. The van der Waals surface area contributed by atoms with Gasteiger partial charge in [-0.05, 0) is 57.2 Å². The molecule has 3 nitrogen and oxygen atoms in total. The van der Waals surface area contributed by atoms with Gasteiger partial charge in [-0.3, -0.25) is 0 Å². The minimum absolute atomic E-state index is 0.158.